The summed E-state index contributed by atoms with van der Waals surface area (Å²) in [6, 6.07) is 2.03. The number of aromatic nitrogens is 4. The molecule has 0 radical (unpaired) electrons. The molecule has 122 valence electrons. The van der Waals surface area contributed by atoms with Crippen molar-refractivity contribution in [3.63, 3.8) is 0 Å². The molecule has 0 unspecified atom stereocenters. The summed E-state index contributed by atoms with van der Waals surface area (Å²) in [5, 5.41) is 29.4. The van der Waals surface area contributed by atoms with E-state index in [-0.39, 0.29) is 11.6 Å². The number of nitrogens with zero attached hydrogens (tertiary/aromatic N) is 5. The third-order valence-corrected chi connectivity index (χ3v) is 3.47. The van der Waals surface area contributed by atoms with Gasteiger partial charge in [-0.3, -0.25) is 9.67 Å². The van der Waals surface area contributed by atoms with Crippen molar-refractivity contribution in [2.24, 2.45) is 7.05 Å². The van der Waals surface area contributed by atoms with Gasteiger partial charge >= 0.3 is 5.82 Å². The first-order chi connectivity index (χ1) is 11.0. The van der Waals surface area contributed by atoms with E-state index in [9.17, 15) is 10.1 Å². The zero-order valence-electron chi connectivity index (χ0n) is 12.7. The van der Waals surface area contributed by atoms with Crippen LogP contribution in [0.4, 0.5) is 17.5 Å². The van der Waals surface area contributed by atoms with Crippen LogP contribution in [0.25, 0.3) is 0 Å². The van der Waals surface area contributed by atoms with Crippen LogP contribution >= 0.6 is 0 Å². The lowest BCUT2D eigenvalue weighted by atomic mass is 10.1. The number of imidazole rings is 1. The second-order valence-electron chi connectivity index (χ2n) is 5.10. The maximum absolute atomic E-state index is 10.8. The van der Waals surface area contributed by atoms with E-state index >= 15 is 0 Å². The van der Waals surface area contributed by atoms with Gasteiger partial charge in [0.2, 0.25) is 12.1 Å². The van der Waals surface area contributed by atoms with Gasteiger partial charge in [-0.25, -0.2) is 0 Å². The third kappa shape index (κ3) is 3.76. The van der Waals surface area contributed by atoms with Crippen LogP contribution < -0.4 is 11.1 Å². The van der Waals surface area contributed by atoms with Crippen molar-refractivity contribution in [1.82, 2.24) is 19.7 Å². The van der Waals surface area contributed by atoms with E-state index in [0.717, 1.165) is 25.0 Å². The molecule has 0 fully saturated rings. The molecule has 2 rings (SSSR count). The zero-order valence-corrected chi connectivity index (χ0v) is 12.7. The van der Waals surface area contributed by atoms with E-state index in [1.54, 1.807) is 11.6 Å². The highest BCUT2D eigenvalue weighted by Crippen LogP contribution is 2.21. The lowest BCUT2D eigenvalue weighted by molar-refractivity contribution is -0.388. The van der Waals surface area contributed by atoms with Crippen LogP contribution in [0.2, 0.25) is 0 Å². The molecule has 10 heteroatoms. The van der Waals surface area contributed by atoms with Crippen molar-refractivity contribution in [3.8, 4) is 6.07 Å². The van der Waals surface area contributed by atoms with Gasteiger partial charge in [0, 0.05) is 13.6 Å². The molecule has 0 aliphatic heterocycles. The molecule has 2 heterocycles. The Balaban J connectivity index is 1.74. The van der Waals surface area contributed by atoms with E-state index in [4.69, 9.17) is 11.0 Å². The summed E-state index contributed by atoms with van der Waals surface area (Å²) in [7, 11) is 1.70. The molecule has 0 aliphatic rings. The Morgan fingerprint density at radius 1 is 1.52 bits per heavy atom. The minimum absolute atomic E-state index is 0.168. The lowest BCUT2D eigenvalue weighted by Gasteiger charge is -2.06. The quantitative estimate of drug-likeness (QED) is 0.377. The summed E-state index contributed by atoms with van der Waals surface area (Å²) in [5.41, 5.74) is 6.73. The van der Waals surface area contributed by atoms with Crippen LogP contribution in [0, 0.1) is 21.4 Å². The van der Waals surface area contributed by atoms with Gasteiger partial charge in [0.15, 0.2) is 5.82 Å². The molecule has 0 aliphatic carbocycles. The average Bonchev–Trinajstić information content (AvgIpc) is 3.06. The summed E-state index contributed by atoms with van der Waals surface area (Å²) < 4.78 is 1.59. The topological polar surface area (TPSA) is 151 Å². The van der Waals surface area contributed by atoms with Gasteiger partial charge in [0.05, 0.1) is 5.69 Å². The predicted octanol–water partition coefficient (Wildman–Crippen LogP) is 1.33. The van der Waals surface area contributed by atoms with Gasteiger partial charge in [0.25, 0.3) is 0 Å². The van der Waals surface area contributed by atoms with Crippen molar-refractivity contribution < 1.29 is 4.92 Å². The number of nitriles is 1. The van der Waals surface area contributed by atoms with Crippen LogP contribution in [0.5, 0.6) is 0 Å². The Kier molecular flexibility index (Phi) is 5.14. The number of nitrogens with two attached hydrogens (primary N) is 1. The van der Waals surface area contributed by atoms with E-state index in [0.29, 0.717) is 24.3 Å². The maximum Gasteiger partial charge on any atom is 0.406 e. The first-order valence-corrected chi connectivity index (χ1v) is 7.17. The number of aryl methyl sites for hydroxylation is 2. The molecule has 10 nitrogen and oxygen atoms in total. The smallest absolute Gasteiger partial charge is 0.381 e. The summed E-state index contributed by atoms with van der Waals surface area (Å²) >= 11 is 0. The first-order valence-electron chi connectivity index (χ1n) is 7.17. The lowest BCUT2D eigenvalue weighted by Crippen LogP contribution is -2.07. The number of hydrogen-bond donors (Lipinski definition) is 3. The SMILES string of the molecule is Cn1cnc([N+](=O)[O-])c1NCCCCCc1[nH]nc(N)c1C#N. The molecule has 0 atom stereocenters. The van der Waals surface area contributed by atoms with E-state index in [1.807, 2.05) is 6.07 Å². The molecule has 0 bridgehead atoms. The number of H-pyrrole nitrogens is 1. The summed E-state index contributed by atoms with van der Waals surface area (Å²) in [6.07, 6.45) is 4.72. The molecule has 0 saturated heterocycles. The molecule has 2 aromatic rings. The van der Waals surface area contributed by atoms with E-state index in [1.165, 1.54) is 6.33 Å². The second-order valence-corrected chi connectivity index (χ2v) is 5.10. The Bertz CT molecular complexity index is 727. The third-order valence-electron chi connectivity index (χ3n) is 3.47. The van der Waals surface area contributed by atoms with Crippen molar-refractivity contribution in [3.05, 3.63) is 27.7 Å². The van der Waals surface area contributed by atoms with Gasteiger partial charge in [-0.15, -0.1) is 0 Å². The van der Waals surface area contributed by atoms with Crippen LogP contribution in [-0.2, 0) is 13.5 Å². The molecule has 4 N–H and O–H groups in total. The van der Waals surface area contributed by atoms with E-state index in [2.05, 4.69) is 20.5 Å². The Labute approximate surface area is 132 Å². The molecule has 2 aromatic heterocycles. The molecule has 0 amide bonds. The fraction of sp³-hybridized carbons (Fsp3) is 0.462. The Morgan fingerprint density at radius 3 is 3.00 bits per heavy atom. The molecule has 0 aromatic carbocycles. The summed E-state index contributed by atoms with van der Waals surface area (Å²) in [6.45, 7) is 0.608. The number of rotatable bonds is 8. The van der Waals surface area contributed by atoms with Crippen LogP contribution in [0.15, 0.2) is 6.33 Å². The minimum atomic E-state index is -0.506. The molecular formula is C13H18N8O2. The van der Waals surface area contributed by atoms with Crippen LogP contribution in [0.3, 0.4) is 0 Å². The number of unbranched alkanes of at least 4 members (excludes halogenated alkanes) is 2. The normalized spacial score (nSPS) is 10.4. The second kappa shape index (κ2) is 7.26. The fourth-order valence-electron chi connectivity index (χ4n) is 2.27. The Hall–Kier alpha value is -3.09. The van der Waals surface area contributed by atoms with Crippen LogP contribution in [-0.4, -0.2) is 31.2 Å². The monoisotopic (exact) mass is 318 g/mol. The van der Waals surface area contributed by atoms with Crippen molar-refractivity contribution >= 4 is 17.5 Å². The molecular weight excluding hydrogens is 300 g/mol. The van der Waals surface area contributed by atoms with Crippen molar-refractivity contribution in [2.75, 3.05) is 17.6 Å². The fourth-order valence-corrected chi connectivity index (χ4v) is 2.27. The predicted molar refractivity (Wildman–Crippen MR) is 83.6 cm³/mol. The zero-order chi connectivity index (χ0) is 16.8. The highest BCUT2D eigenvalue weighted by molar-refractivity contribution is 5.52. The summed E-state index contributed by atoms with van der Waals surface area (Å²) in [5.74, 6) is 0.467. The molecule has 23 heavy (non-hydrogen) atoms. The molecule has 0 spiro atoms. The Morgan fingerprint density at radius 2 is 2.30 bits per heavy atom. The number of nitrogens with one attached hydrogen (secondary N) is 2. The largest absolute Gasteiger partial charge is 0.406 e. The number of nitrogen functional groups attached to an aromatic ring is 1. The van der Waals surface area contributed by atoms with Gasteiger partial charge < -0.3 is 21.2 Å². The van der Waals surface area contributed by atoms with E-state index < -0.39 is 4.92 Å². The summed E-state index contributed by atoms with van der Waals surface area (Å²) in [4.78, 5) is 14.1. The van der Waals surface area contributed by atoms with Gasteiger partial charge in [-0.1, -0.05) is 6.42 Å². The highest BCUT2D eigenvalue weighted by atomic mass is 16.6. The minimum Gasteiger partial charge on any atom is -0.381 e. The maximum atomic E-state index is 10.8. The van der Waals surface area contributed by atoms with Crippen molar-refractivity contribution in [1.29, 1.82) is 5.26 Å². The van der Waals surface area contributed by atoms with Crippen molar-refractivity contribution in [2.45, 2.75) is 25.7 Å². The van der Waals surface area contributed by atoms with Gasteiger partial charge in [-0.2, -0.15) is 10.4 Å². The number of hydrogen-bond acceptors (Lipinski definition) is 7. The number of nitro groups is 1. The number of anilines is 2. The number of aromatic amines is 1. The van der Waals surface area contributed by atoms with Gasteiger partial charge in [-0.05, 0) is 29.2 Å². The molecule has 0 saturated carbocycles. The van der Waals surface area contributed by atoms with Gasteiger partial charge in [0.1, 0.15) is 11.6 Å². The first kappa shape index (κ1) is 16.3. The highest BCUT2D eigenvalue weighted by Gasteiger charge is 2.19. The van der Waals surface area contributed by atoms with Crippen LogP contribution in [0.1, 0.15) is 30.5 Å². The standard InChI is InChI=1S/C13H18N8O2/c1-20-8-17-13(21(22)23)12(20)16-6-4-2-3-5-10-9(7-14)11(15)19-18-10/h8,16H,2-6H2,1H3,(H3,15,18,19). The average molecular weight is 318 g/mol.